The van der Waals surface area contributed by atoms with E-state index in [0.717, 1.165) is 6.54 Å². The van der Waals surface area contributed by atoms with Crippen LogP contribution in [0.15, 0.2) is 30.6 Å². The standard InChI is InChI=1S/C14H21N3/c1-4-11(3)14(15-5-2)12-10-16-17-9-7-6-8-13(12)17/h6-11,14-15H,4-5H2,1-3H3. The maximum absolute atomic E-state index is 4.42. The van der Waals surface area contributed by atoms with E-state index in [1.807, 2.05) is 23.0 Å². The van der Waals surface area contributed by atoms with Gasteiger partial charge in [-0.3, -0.25) is 0 Å². The molecule has 0 aromatic carbocycles. The highest BCUT2D eigenvalue weighted by molar-refractivity contribution is 5.55. The largest absolute Gasteiger partial charge is 0.310 e. The Kier molecular flexibility index (Phi) is 3.79. The fourth-order valence-electron chi connectivity index (χ4n) is 2.27. The zero-order valence-corrected chi connectivity index (χ0v) is 10.9. The normalized spacial score (nSPS) is 15.0. The van der Waals surface area contributed by atoms with Gasteiger partial charge in [0.15, 0.2) is 0 Å². The molecule has 0 spiro atoms. The minimum absolute atomic E-state index is 0.393. The molecule has 0 amide bonds. The summed E-state index contributed by atoms with van der Waals surface area (Å²) in [4.78, 5) is 0. The Balaban J connectivity index is 2.41. The predicted molar refractivity (Wildman–Crippen MR) is 71.1 cm³/mol. The lowest BCUT2D eigenvalue weighted by Gasteiger charge is -2.23. The molecule has 2 aromatic rings. The Morgan fingerprint density at radius 2 is 2.18 bits per heavy atom. The van der Waals surface area contributed by atoms with Crippen molar-refractivity contribution in [2.45, 2.75) is 33.2 Å². The lowest BCUT2D eigenvalue weighted by Crippen LogP contribution is -2.26. The minimum Gasteiger partial charge on any atom is -0.310 e. The van der Waals surface area contributed by atoms with Crippen LogP contribution in [0.5, 0.6) is 0 Å². The number of hydrogen-bond donors (Lipinski definition) is 1. The smallest absolute Gasteiger partial charge is 0.0709 e. The molecule has 2 aromatic heterocycles. The predicted octanol–water partition coefficient (Wildman–Crippen LogP) is 3.03. The van der Waals surface area contributed by atoms with Gasteiger partial charge in [-0.05, 0) is 24.6 Å². The van der Waals surface area contributed by atoms with Crippen LogP contribution in [-0.2, 0) is 0 Å². The van der Waals surface area contributed by atoms with Crippen LogP contribution in [0.25, 0.3) is 5.52 Å². The van der Waals surface area contributed by atoms with Crippen LogP contribution in [0.3, 0.4) is 0 Å². The molecule has 1 N–H and O–H groups in total. The van der Waals surface area contributed by atoms with Gasteiger partial charge in [0, 0.05) is 17.8 Å². The number of hydrogen-bond acceptors (Lipinski definition) is 2. The first-order valence-electron chi connectivity index (χ1n) is 6.43. The van der Waals surface area contributed by atoms with Crippen molar-refractivity contribution < 1.29 is 0 Å². The van der Waals surface area contributed by atoms with E-state index in [0.29, 0.717) is 12.0 Å². The van der Waals surface area contributed by atoms with Crippen molar-refractivity contribution in [3.63, 3.8) is 0 Å². The van der Waals surface area contributed by atoms with E-state index >= 15 is 0 Å². The Labute approximate surface area is 103 Å². The molecule has 0 saturated carbocycles. The van der Waals surface area contributed by atoms with Crippen molar-refractivity contribution in [1.29, 1.82) is 0 Å². The third-order valence-corrected chi connectivity index (χ3v) is 3.43. The van der Waals surface area contributed by atoms with Gasteiger partial charge in [-0.1, -0.05) is 33.3 Å². The van der Waals surface area contributed by atoms with Gasteiger partial charge < -0.3 is 5.32 Å². The van der Waals surface area contributed by atoms with E-state index in [-0.39, 0.29) is 0 Å². The molecule has 0 fully saturated rings. The quantitative estimate of drug-likeness (QED) is 0.857. The summed E-state index contributed by atoms with van der Waals surface area (Å²) in [6.45, 7) is 7.67. The van der Waals surface area contributed by atoms with Crippen LogP contribution in [0, 0.1) is 5.92 Å². The van der Waals surface area contributed by atoms with Crippen molar-refractivity contribution >= 4 is 5.52 Å². The second kappa shape index (κ2) is 5.32. The maximum Gasteiger partial charge on any atom is 0.0709 e. The summed E-state index contributed by atoms with van der Waals surface area (Å²) in [6, 6.07) is 6.61. The van der Waals surface area contributed by atoms with E-state index in [4.69, 9.17) is 0 Å². The first-order valence-corrected chi connectivity index (χ1v) is 6.43. The van der Waals surface area contributed by atoms with Crippen LogP contribution in [0.1, 0.15) is 38.8 Å². The molecule has 2 rings (SSSR count). The van der Waals surface area contributed by atoms with Gasteiger partial charge in [0.1, 0.15) is 0 Å². The summed E-state index contributed by atoms with van der Waals surface area (Å²) < 4.78 is 1.95. The Morgan fingerprint density at radius 3 is 2.88 bits per heavy atom. The number of nitrogens with one attached hydrogen (secondary N) is 1. The second-order valence-corrected chi connectivity index (χ2v) is 4.55. The van der Waals surface area contributed by atoms with Crippen LogP contribution >= 0.6 is 0 Å². The molecule has 2 unspecified atom stereocenters. The fourth-order valence-corrected chi connectivity index (χ4v) is 2.27. The average molecular weight is 231 g/mol. The zero-order chi connectivity index (χ0) is 12.3. The van der Waals surface area contributed by atoms with Crippen LogP contribution in [0.2, 0.25) is 0 Å². The van der Waals surface area contributed by atoms with E-state index in [2.05, 4.69) is 43.3 Å². The third-order valence-electron chi connectivity index (χ3n) is 3.43. The van der Waals surface area contributed by atoms with Gasteiger partial charge in [-0.15, -0.1) is 0 Å². The van der Waals surface area contributed by atoms with Gasteiger partial charge >= 0.3 is 0 Å². The van der Waals surface area contributed by atoms with Crippen LogP contribution in [-0.4, -0.2) is 16.2 Å². The number of nitrogens with zero attached hydrogens (tertiary/aromatic N) is 2. The summed E-state index contributed by atoms with van der Waals surface area (Å²) in [5.74, 6) is 0.614. The molecule has 92 valence electrons. The SMILES string of the molecule is CCNC(c1cnn2ccccc12)C(C)CC. The molecule has 2 atom stereocenters. The van der Waals surface area contributed by atoms with E-state index in [9.17, 15) is 0 Å². The Morgan fingerprint density at radius 1 is 1.35 bits per heavy atom. The summed E-state index contributed by atoms with van der Waals surface area (Å²) >= 11 is 0. The minimum atomic E-state index is 0.393. The molecule has 0 saturated heterocycles. The third kappa shape index (κ3) is 2.34. The molecular weight excluding hydrogens is 210 g/mol. The van der Waals surface area contributed by atoms with Gasteiger partial charge in [0.25, 0.3) is 0 Å². The van der Waals surface area contributed by atoms with Crippen molar-refractivity contribution in [3.05, 3.63) is 36.2 Å². The lowest BCUT2D eigenvalue weighted by atomic mass is 9.93. The first-order chi connectivity index (χ1) is 8.27. The van der Waals surface area contributed by atoms with Gasteiger partial charge in [0.05, 0.1) is 11.7 Å². The molecule has 3 heteroatoms. The van der Waals surface area contributed by atoms with E-state index in [1.54, 1.807) is 0 Å². The molecule has 0 radical (unpaired) electrons. The van der Waals surface area contributed by atoms with Crippen molar-refractivity contribution in [2.24, 2.45) is 5.92 Å². The highest BCUT2D eigenvalue weighted by atomic mass is 15.2. The van der Waals surface area contributed by atoms with Gasteiger partial charge in [-0.25, -0.2) is 4.52 Å². The van der Waals surface area contributed by atoms with Gasteiger partial charge in [0.2, 0.25) is 0 Å². The van der Waals surface area contributed by atoms with Crippen molar-refractivity contribution in [3.8, 4) is 0 Å². The fraction of sp³-hybridized carbons (Fsp3) is 0.500. The number of pyridine rings is 1. The van der Waals surface area contributed by atoms with Gasteiger partial charge in [-0.2, -0.15) is 5.10 Å². The lowest BCUT2D eigenvalue weighted by molar-refractivity contribution is 0.386. The number of rotatable bonds is 5. The highest BCUT2D eigenvalue weighted by Crippen LogP contribution is 2.27. The molecule has 0 aliphatic carbocycles. The summed E-state index contributed by atoms with van der Waals surface area (Å²) in [7, 11) is 0. The van der Waals surface area contributed by atoms with Crippen molar-refractivity contribution in [2.75, 3.05) is 6.54 Å². The molecule has 0 aliphatic heterocycles. The molecule has 3 nitrogen and oxygen atoms in total. The van der Waals surface area contributed by atoms with E-state index in [1.165, 1.54) is 17.5 Å². The average Bonchev–Trinajstić information content (AvgIpc) is 2.79. The molecule has 2 heterocycles. The molecule has 0 bridgehead atoms. The number of fused-ring (bicyclic) bond motifs is 1. The molecular formula is C14H21N3. The topological polar surface area (TPSA) is 29.3 Å². The number of aromatic nitrogens is 2. The van der Waals surface area contributed by atoms with Crippen molar-refractivity contribution in [1.82, 2.24) is 14.9 Å². The highest BCUT2D eigenvalue weighted by Gasteiger charge is 2.20. The monoisotopic (exact) mass is 231 g/mol. The van der Waals surface area contributed by atoms with Crippen LogP contribution < -0.4 is 5.32 Å². The maximum atomic E-state index is 4.42. The summed E-state index contributed by atoms with van der Waals surface area (Å²) in [5, 5.41) is 7.99. The van der Waals surface area contributed by atoms with E-state index < -0.39 is 0 Å². The first kappa shape index (κ1) is 12.1. The second-order valence-electron chi connectivity index (χ2n) is 4.55. The Hall–Kier alpha value is -1.35. The molecule has 17 heavy (non-hydrogen) atoms. The Bertz CT molecular complexity index is 475. The van der Waals surface area contributed by atoms with Crippen LogP contribution in [0.4, 0.5) is 0 Å². The summed E-state index contributed by atoms with van der Waals surface area (Å²) in [5.41, 5.74) is 2.51. The zero-order valence-electron chi connectivity index (χ0n) is 10.9. The molecule has 0 aliphatic rings. The summed E-state index contributed by atoms with van der Waals surface area (Å²) in [6.07, 6.45) is 5.16.